The Morgan fingerprint density at radius 1 is 0.960 bits per heavy atom. The molecule has 2 amide bonds. The molecule has 0 fully saturated rings. The maximum absolute atomic E-state index is 12.7. The molecule has 0 unspecified atom stereocenters. The number of fused-ring (bicyclic) bond motifs is 1. The van der Waals surface area contributed by atoms with E-state index in [1.807, 2.05) is 30.3 Å². The Hall–Kier alpha value is -2.79. The Bertz CT molecular complexity index is 765. The van der Waals surface area contributed by atoms with Crippen LogP contribution in [0.15, 0.2) is 54.6 Å². The first-order chi connectivity index (χ1) is 12.1. The van der Waals surface area contributed by atoms with Gasteiger partial charge in [0.2, 0.25) is 0 Å². The number of aryl methyl sites for hydroxylation is 1. The van der Waals surface area contributed by atoms with Gasteiger partial charge in [0.25, 0.3) is 11.8 Å². The van der Waals surface area contributed by atoms with Gasteiger partial charge in [-0.2, -0.15) is 0 Å². The summed E-state index contributed by atoms with van der Waals surface area (Å²) in [5.41, 5.74) is 1.71. The minimum absolute atomic E-state index is 0.000901. The first-order valence-corrected chi connectivity index (χ1v) is 8.16. The summed E-state index contributed by atoms with van der Waals surface area (Å²) in [4.78, 5) is 39.0. The summed E-state index contributed by atoms with van der Waals surface area (Å²) in [5, 5.41) is 0. The molecular weight excluding hydrogens is 318 g/mol. The number of benzene rings is 2. The van der Waals surface area contributed by atoms with Gasteiger partial charge in [-0.05, 0) is 24.1 Å². The van der Waals surface area contributed by atoms with E-state index in [1.54, 1.807) is 24.3 Å². The zero-order valence-electron chi connectivity index (χ0n) is 14.0. The minimum Gasteiger partial charge on any atom is -0.382 e. The van der Waals surface area contributed by atoms with Crippen LogP contribution in [0.2, 0.25) is 0 Å². The lowest BCUT2D eigenvalue weighted by Crippen LogP contribution is -2.47. The second-order valence-electron chi connectivity index (χ2n) is 5.95. The molecule has 1 aliphatic heterocycles. The first-order valence-electron chi connectivity index (χ1n) is 8.16. The number of nitrogens with zero attached hydrogens (tertiary/aromatic N) is 1. The van der Waals surface area contributed by atoms with E-state index in [-0.39, 0.29) is 18.8 Å². The van der Waals surface area contributed by atoms with Crippen molar-refractivity contribution in [1.29, 1.82) is 0 Å². The van der Waals surface area contributed by atoms with Crippen LogP contribution in [0.5, 0.6) is 0 Å². The maximum Gasteiger partial charge on any atom is 0.262 e. The molecule has 0 saturated heterocycles. The maximum atomic E-state index is 12.7. The number of hydrogen-bond donors (Lipinski definition) is 0. The average molecular weight is 337 g/mol. The smallest absolute Gasteiger partial charge is 0.262 e. The lowest BCUT2D eigenvalue weighted by Gasteiger charge is -2.24. The highest BCUT2D eigenvalue weighted by Crippen LogP contribution is 2.25. The standard InChI is InChI=1S/C20H19NO4/c1-25-13-17(18(22)12-11-14-7-3-2-4-8-14)21-19(23)15-9-5-6-10-16(15)20(21)24/h2-10,17H,11-13H2,1H3/t17-/m1/s1. The van der Waals surface area contributed by atoms with Crippen LogP contribution in [0.1, 0.15) is 32.7 Å². The van der Waals surface area contributed by atoms with Crippen molar-refractivity contribution in [2.24, 2.45) is 0 Å². The monoisotopic (exact) mass is 337 g/mol. The Labute approximate surface area is 146 Å². The number of carbonyl (C=O) groups excluding carboxylic acids is 3. The Kier molecular flexibility index (Phi) is 5.05. The number of amides is 2. The summed E-state index contributed by atoms with van der Waals surface area (Å²) in [5.74, 6) is -1.05. The number of methoxy groups -OCH3 is 1. The highest BCUT2D eigenvalue weighted by Gasteiger charge is 2.42. The molecule has 5 nitrogen and oxygen atoms in total. The highest BCUT2D eigenvalue weighted by molar-refractivity contribution is 6.22. The van der Waals surface area contributed by atoms with Gasteiger partial charge >= 0.3 is 0 Å². The van der Waals surface area contributed by atoms with Gasteiger partial charge in [0.05, 0.1) is 17.7 Å². The van der Waals surface area contributed by atoms with E-state index in [9.17, 15) is 14.4 Å². The van der Waals surface area contributed by atoms with Crippen LogP contribution in [0.3, 0.4) is 0 Å². The topological polar surface area (TPSA) is 63.7 Å². The fourth-order valence-corrected chi connectivity index (χ4v) is 3.04. The predicted molar refractivity (Wildman–Crippen MR) is 92.4 cm³/mol. The van der Waals surface area contributed by atoms with Crippen LogP contribution >= 0.6 is 0 Å². The summed E-state index contributed by atoms with van der Waals surface area (Å²) < 4.78 is 5.12. The Morgan fingerprint density at radius 3 is 2.08 bits per heavy atom. The minimum atomic E-state index is -0.902. The number of rotatable bonds is 7. The molecule has 2 aromatic rings. The summed E-state index contributed by atoms with van der Waals surface area (Å²) in [6.07, 6.45) is 0.800. The highest BCUT2D eigenvalue weighted by atomic mass is 16.5. The van der Waals surface area contributed by atoms with Crippen molar-refractivity contribution >= 4 is 17.6 Å². The molecule has 0 bridgehead atoms. The molecule has 5 heteroatoms. The van der Waals surface area contributed by atoms with Crippen molar-refractivity contribution in [2.45, 2.75) is 18.9 Å². The molecule has 0 aromatic heterocycles. The van der Waals surface area contributed by atoms with E-state index >= 15 is 0 Å². The average Bonchev–Trinajstić information content (AvgIpc) is 2.90. The number of Topliss-reactive ketones (excluding diaryl/α,β-unsaturated/α-hetero) is 1. The number of ether oxygens (including phenoxy) is 1. The zero-order valence-corrected chi connectivity index (χ0v) is 14.0. The summed E-state index contributed by atoms with van der Waals surface area (Å²) >= 11 is 0. The second-order valence-corrected chi connectivity index (χ2v) is 5.95. The van der Waals surface area contributed by atoms with E-state index in [0.717, 1.165) is 10.5 Å². The van der Waals surface area contributed by atoms with Crippen molar-refractivity contribution < 1.29 is 19.1 Å². The number of hydrogen-bond acceptors (Lipinski definition) is 4. The molecule has 2 aromatic carbocycles. The molecule has 1 atom stereocenters. The molecule has 0 radical (unpaired) electrons. The molecule has 0 spiro atoms. The van der Waals surface area contributed by atoms with Crippen LogP contribution in [0.4, 0.5) is 0 Å². The Balaban J connectivity index is 1.78. The predicted octanol–water partition coefficient (Wildman–Crippen LogP) is 2.50. The molecular formula is C20H19NO4. The third-order valence-electron chi connectivity index (χ3n) is 4.34. The molecule has 128 valence electrons. The first kappa shape index (κ1) is 17.0. The second kappa shape index (κ2) is 7.40. The van der Waals surface area contributed by atoms with Gasteiger partial charge in [-0.25, -0.2) is 0 Å². The van der Waals surface area contributed by atoms with Crippen LogP contribution in [0, 0.1) is 0 Å². The lowest BCUT2D eigenvalue weighted by molar-refractivity contribution is -0.124. The van der Waals surface area contributed by atoms with Crippen molar-refractivity contribution in [3.05, 3.63) is 71.3 Å². The molecule has 0 aliphatic carbocycles. The van der Waals surface area contributed by atoms with Gasteiger partial charge in [0.1, 0.15) is 6.04 Å². The van der Waals surface area contributed by atoms with Crippen LogP contribution < -0.4 is 0 Å². The molecule has 3 rings (SSSR count). The molecule has 25 heavy (non-hydrogen) atoms. The van der Waals surface area contributed by atoms with E-state index in [1.165, 1.54) is 7.11 Å². The van der Waals surface area contributed by atoms with Crippen LogP contribution in [0.25, 0.3) is 0 Å². The van der Waals surface area contributed by atoms with Crippen molar-refractivity contribution in [2.75, 3.05) is 13.7 Å². The van der Waals surface area contributed by atoms with Gasteiger partial charge in [-0.3, -0.25) is 19.3 Å². The zero-order chi connectivity index (χ0) is 17.8. The Morgan fingerprint density at radius 2 is 1.52 bits per heavy atom. The summed E-state index contributed by atoms with van der Waals surface area (Å²) in [6.45, 7) is -0.000901. The molecule has 1 heterocycles. The number of imide groups is 1. The summed E-state index contributed by atoms with van der Waals surface area (Å²) in [7, 11) is 1.45. The van der Waals surface area contributed by atoms with Crippen LogP contribution in [-0.2, 0) is 16.0 Å². The van der Waals surface area contributed by atoms with Crippen LogP contribution in [-0.4, -0.2) is 42.3 Å². The van der Waals surface area contributed by atoms with Gasteiger partial charge in [-0.1, -0.05) is 42.5 Å². The SMILES string of the molecule is COC[C@H](C(=O)CCc1ccccc1)N1C(=O)c2ccccc2C1=O. The van der Waals surface area contributed by atoms with Crippen molar-refractivity contribution in [3.8, 4) is 0 Å². The third-order valence-corrected chi connectivity index (χ3v) is 4.34. The van der Waals surface area contributed by atoms with Gasteiger partial charge in [0.15, 0.2) is 5.78 Å². The number of carbonyl (C=O) groups is 3. The van der Waals surface area contributed by atoms with Gasteiger partial charge < -0.3 is 4.74 Å². The fraction of sp³-hybridized carbons (Fsp3) is 0.250. The van der Waals surface area contributed by atoms with E-state index in [2.05, 4.69) is 0 Å². The molecule has 0 N–H and O–H groups in total. The number of ketones is 1. The van der Waals surface area contributed by atoms with Gasteiger partial charge in [-0.15, -0.1) is 0 Å². The quantitative estimate of drug-likeness (QED) is 0.728. The lowest BCUT2D eigenvalue weighted by atomic mass is 10.0. The van der Waals surface area contributed by atoms with Crippen molar-refractivity contribution in [1.82, 2.24) is 4.90 Å². The third kappa shape index (κ3) is 3.37. The molecule has 0 saturated carbocycles. The normalized spacial score (nSPS) is 14.5. The van der Waals surface area contributed by atoms with E-state index in [0.29, 0.717) is 17.5 Å². The van der Waals surface area contributed by atoms with E-state index in [4.69, 9.17) is 4.74 Å². The van der Waals surface area contributed by atoms with E-state index < -0.39 is 17.9 Å². The molecule has 1 aliphatic rings. The largest absolute Gasteiger partial charge is 0.382 e. The summed E-state index contributed by atoms with van der Waals surface area (Å²) in [6, 6.07) is 15.3. The fourth-order valence-electron chi connectivity index (χ4n) is 3.04. The van der Waals surface area contributed by atoms with Gasteiger partial charge in [0, 0.05) is 13.5 Å². The van der Waals surface area contributed by atoms with Crippen molar-refractivity contribution in [3.63, 3.8) is 0 Å².